The van der Waals surface area contributed by atoms with Crippen molar-refractivity contribution in [1.29, 1.82) is 0 Å². The Labute approximate surface area is 128 Å². The second kappa shape index (κ2) is 6.69. The van der Waals surface area contributed by atoms with Crippen molar-refractivity contribution in [3.63, 3.8) is 0 Å². The lowest BCUT2D eigenvalue weighted by Gasteiger charge is -2.30. The molecule has 1 fully saturated rings. The van der Waals surface area contributed by atoms with E-state index < -0.39 is 10.0 Å². The molecule has 1 aromatic rings. The molecule has 1 aromatic heterocycles. The number of hydrogen-bond acceptors (Lipinski definition) is 5. The average molecular weight is 334 g/mol. The molecule has 0 unspecified atom stereocenters. The third-order valence-corrected chi connectivity index (χ3v) is 5.71. The number of nitrogens with one attached hydrogen (secondary N) is 1. The minimum atomic E-state index is -3.68. The topological polar surface area (TPSA) is 88.6 Å². The molecule has 7 nitrogen and oxygen atoms in total. The zero-order chi connectivity index (χ0) is 15.5. The Kier molecular flexibility index (Phi) is 5.15. The SMILES string of the molecule is CONC(=O)C1CCN(S(=O)(=O)c2cccnc2Cl)CC1. The average Bonchev–Trinajstić information content (AvgIpc) is 2.48. The first-order chi connectivity index (χ1) is 9.96. The van der Waals surface area contributed by atoms with E-state index in [2.05, 4.69) is 15.3 Å². The molecule has 0 bridgehead atoms. The lowest BCUT2D eigenvalue weighted by molar-refractivity contribution is -0.136. The van der Waals surface area contributed by atoms with Crippen molar-refractivity contribution < 1.29 is 18.0 Å². The van der Waals surface area contributed by atoms with Gasteiger partial charge in [-0.25, -0.2) is 18.9 Å². The van der Waals surface area contributed by atoms with Crippen LogP contribution in [0.15, 0.2) is 23.2 Å². The first kappa shape index (κ1) is 16.2. The number of rotatable bonds is 4. The van der Waals surface area contributed by atoms with Crippen LogP contribution in [0.25, 0.3) is 0 Å². The van der Waals surface area contributed by atoms with Crippen molar-refractivity contribution in [2.24, 2.45) is 5.92 Å². The van der Waals surface area contributed by atoms with E-state index in [4.69, 9.17) is 11.6 Å². The molecule has 0 aromatic carbocycles. The summed E-state index contributed by atoms with van der Waals surface area (Å²) in [5.41, 5.74) is 2.27. The molecule has 2 heterocycles. The number of carbonyl (C=O) groups excluding carboxylic acids is 1. The number of halogens is 1. The molecule has 9 heteroatoms. The zero-order valence-corrected chi connectivity index (χ0v) is 13.0. The van der Waals surface area contributed by atoms with E-state index in [-0.39, 0.29) is 35.0 Å². The molecule has 0 aliphatic carbocycles. The largest absolute Gasteiger partial charge is 0.277 e. The predicted molar refractivity (Wildman–Crippen MR) is 75.9 cm³/mol. The Morgan fingerprint density at radius 3 is 2.71 bits per heavy atom. The number of pyridine rings is 1. The number of hydroxylamine groups is 1. The summed E-state index contributed by atoms with van der Waals surface area (Å²) < 4.78 is 26.3. The van der Waals surface area contributed by atoms with Crippen LogP contribution in [-0.2, 0) is 19.7 Å². The van der Waals surface area contributed by atoms with Crippen LogP contribution in [0, 0.1) is 5.92 Å². The third kappa shape index (κ3) is 3.52. The molecular weight excluding hydrogens is 318 g/mol. The Balaban J connectivity index is 2.08. The van der Waals surface area contributed by atoms with Gasteiger partial charge in [0, 0.05) is 25.2 Å². The number of hydrogen-bond donors (Lipinski definition) is 1. The summed E-state index contributed by atoms with van der Waals surface area (Å²) in [5.74, 6) is -0.477. The summed E-state index contributed by atoms with van der Waals surface area (Å²) >= 11 is 5.85. The summed E-state index contributed by atoms with van der Waals surface area (Å²) in [6.07, 6.45) is 2.31. The van der Waals surface area contributed by atoms with Gasteiger partial charge < -0.3 is 0 Å². The summed E-state index contributed by atoms with van der Waals surface area (Å²) in [7, 11) is -2.32. The fourth-order valence-corrected chi connectivity index (χ4v) is 4.14. The highest BCUT2D eigenvalue weighted by Gasteiger charge is 2.33. The van der Waals surface area contributed by atoms with E-state index >= 15 is 0 Å². The van der Waals surface area contributed by atoms with Crippen LogP contribution in [0.1, 0.15) is 12.8 Å². The summed E-state index contributed by atoms with van der Waals surface area (Å²) in [6.45, 7) is 0.519. The van der Waals surface area contributed by atoms with Gasteiger partial charge in [-0.1, -0.05) is 11.6 Å². The van der Waals surface area contributed by atoms with E-state index in [1.807, 2.05) is 0 Å². The van der Waals surface area contributed by atoms with Crippen molar-refractivity contribution in [3.05, 3.63) is 23.5 Å². The van der Waals surface area contributed by atoms with Crippen molar-refractivity contribution >= 4 is 27.5 Å². The molecule has 0 radical (unpaired) electrons. The second-order valence-electron chi connectivity index (χ2n) is 4.64. The van der Waals surface area contributed by atoms with Crippen LogP contribution in [0.5, 0.6) is 0 Å². The van der Waals surface area contributed by atoms with Gasteiger partial charge in [-0.2, -0.15) is 4.31 Å². The molecule has 1 N–H and O–H groups in total. The quantitative estimate of drug-likeness (QED) is 0.650. The van der Waals surface area contributed by atoms with E-state index in [1.165, 1.54) is 29.7 Å². The van der Waals surface area contributed by atoms with Gasteiger partial charge in [-0.3, -0.25) is 9.63 Å². The number of aromatic nitrogens is 1. The molecular formula is C12H16ClN3O4S. The summed E-state index contributed by atoms with van der Waals surface area (Å²) in [5, 5.41) is -0.0447. The van der Waals surface area contributed by atoms with E-state index in [1.54, 1.807) is 0 Å². The maximum Gasteiger partial charge on any atom is 0.246 e. The molecule has 0 spiro atoms. The number of sulfonamides is 1. The Hall–Kier alpha value is -1.22. The van der Waals surface area contributed by atoms with Crippen LogP contribution in [0.4, 0.5) is 0 Å². The molecule has 116 valence electrons. The van der Waals surface area contributed by atoms with Gasteiger partial charge in [0.15, 0.2) is 0 Å². The number of carbonyl (C=O) groups is 1. The van der Waals surface area contributed by atoms with Crippen molar-refractivity contribution in [2.45, 2.75) is 17.7 Å². The molecule has 1 saturated heterocycles. The highest BCUT2D eigenvalue weighted by atomic mass is 35.5. The number of nitrogens with zero attached hydrogens (tertiary/aromatic N) is 2. The van der Waals surface area contributed by atoms with E-state index in [0.717, 1.165) is 0 Å². The van der Waals surface area contributed by atoms with Crippen molar-refractivity contribution in [3.8, 4) is 0 Å². The summed E-state index contributed by atoms with van der Waals surface area (Å²) in [4.78, 5) is 20.0. The molecule has 21 heavy (non-hydrogen) atoms. The van der Waals surface area contributed by atoms with Gasteiger partial charge in [-0.05, 0) is 25.0 Å². The van der Waals surface area contributed by atoms with Crippen molar-refractivity contribution in [2.75, 3.05) is 20.2 Å². The first-order valence-corrected chi connectivity index (χ1v) is 8.22. The molecule has 1 amide bonds. The molecule has 0 atom stereocenters. The maximum absolute atomic E-state index is 12.5. The molecule has 0 saturated carbocycles. The van der Waals surface area contributed by atoms with Gasteiger partial charge in [0.2, 0.25) is 15.9 Å². The van der Waals surface area contributed by atoms with E-state index in [9.17, 15) is 13.2 Å². The van der Waals surface area contributed by atoms with Gasteiger partial charge in [-0.15, -0.1) is 0 Å². The number of piperidine rings is 1. The maximum atomic E-state index is 12.5. The second-order valence-corrected chi connectivity index (χ2v) is 6.91. The molecule has 1 aliphatic heterocycles. The lowest BCUT2D eigenvalue weighted by Crippen LogP contribution is -2.42. The van der Waals surface area contributed by atoms with Crippen LogP contribution in [0.3, 0.4) is 0 Å². The van der Waals surface area contributed by atoms with Gasteiger partial charge in [0.25, 0.3) is 0 Å². The molecule has 1 aliphatic rings. The normalized spacial score (nSPS) is 17.6. The standard InChI is InChI=1S/C12H16ClN3O4S/c1-20-15-12(17)9-4-7-16(8-5-9)21(18,19)10-3-2-6-14-11(10)13/h2-3,6,9H,4-5,7-8H2,1H3,(H,15,17). The minimum Gasteiger partial charge on any atom is -0.277 e. The first-order valence-electron chi connectivity index (χ1n) is 6.40. The van der Waals surface area contributed by atoms with Crippen LogP contribution in [-0.4, -0.2) is 43.8 Å². The monoisotopic (exact) mass is 333 g/mol. The molecule has 2 rings (SSSR count). The predicted octanol–water partition coefficient (Wildman–Crippen LogP) is 0.813. The number of amides is 1. The third-order valence-electron chi connectivity index (χ3n) is 3.37. The van der Waals surface area contributed by atoms with E-state index in [0.29, 0.717) is 12.8 Å². The van der Waals surface area contributed by atoms with Crippen LogP contribution >= 0.6 is 11.6 Å². The Morgan fingerprint density at radius 1 is 1.48 bits per heavy atom. The smallest absolute Gasteiger partial charge is 0.246 e. The Bertz CT molecular complexity index is 615. The van der Waals surface area contributed by atoms with Gasteiger partial charge >= 0.3 is 0 Å². The fraction of sp³-hybridized carbons (Fsp3) is 0.500. The van der Waals surface area contributed by atoms with Gasteiger partial charge in [0.1, 0.15) is 10.0 Å². The lowest BCUT2D eigenvalue weighted by atomic mass is 9.98. The summed E-state index contributed by atoms with van der Waals surface area (Å²) in [6, 6.07) is 2.95. The highest BCUT2D eigenvalue weighted by Crippen LogP contribution is 2.26. The Morgan fingerprint density at radius 2 is 2.14 bits per heavy atom. The van der Waals surface area contributed by atoms with Crippen LogP contribution < -0.4 is 5.48 Å². The minimum absolute atomic E-state index is 0.00791. The zero-order valence-electron chi connectivity index (χ0n) is 11.5. The fourth-order valence-electron chi connectivity index (χ4n) is 2.25. The van der Waals surface area contributed by atoms with Gasteiger partial charge in [0.05, 0.1) is 7.11 Å². The highest BCUT2D eigenvalue weighted by molar-refractivity contribution is 7.89. The van der Waals surface area contributed by atoms with Crippen molar-refractivity contribution in [1.82, 2.24) is 14.8 Å². The van der Waals surface area contributed by atoms with Crippen LogP contribution in [0.2, 0.25) is 5.15 Å².